The van der Waals surface area contributed by atoms with E-state index in [4.69, 9.17) is 10.5 Å². The molecule has 1 aromatic rings. The van der Waals surface area contributed by atoms with Crippen LogP contribution in [0.3, 0.4) is 0 Å². The van der Waals surface area contributed by atoms with Gasteiger partial charge in [-0.3, -0.25) is 0 Å². The van der Waals surface area contributed by atoms with E-state index in [1.54, 1.807) is 0 Å². The van der Waals surface area contributed by atoms with E-state index in [1.165, 1.54) is 0 Å². The third-order valence-corrected chi connectivity index (χ3v) is 5.76. The summed E-state index contributed by atoms with van der Waals surface area (Å²) >= 11 is 0. The van der Waals surface area contributed by atoms with Crippen LogP contribution < -0.4 is 20.9 Å². The van der Waals surface area contributed by atoms with E-state index in [0.29, 0.717) is 19.2 Å². The van der Waals surface area contributed by atoms with Gasteiger partial charge in [0.2, 0.25) is 5.95 Å². The molecule has 0 saturated carbocycles. The number of nitrogens with one attached hydrogen (secondary N) is 1. The molecule has 8 heteroatoms. The maximum absolute atomic E-state index is 10.6. The predicted octanol–water partition coefficient (Wildman–Crippen LogP) is -0.164. The lowest BCUT2D eigenvalue weighted by Crippen LogP contribution is -2.58. The molecule has 8 nitrogen and oxygen atoms in total. The number of ether oxygens (including phenoxy) is 1. The smallest absolute Gasteiger partial charge is 0.223 e. The van der Waals surface area contributed by atoms with Crippen molar-refractivity contribution in [3.05, 3.63) is 6.07 Å². The molecule has 0 aromatic carbocycles. The van der Waals surface area contributed by atoms with Crippen LogP contribution in [0.5, 0.6) is 0 Å². The molecule has 3 fully saturated rings. The molecular formula is C17H28N6O2. The van der Waals surface area contributed by atoms with Crippen molar-refractivity contribution in [1.82, 2.24) is 15.3 Å². The zero-order valence-corrected chi connectivity index (χ0v) is 14.7. The molecule has 0 radical (unpaired) electrons. The topological polar surface area (TPSA) is 99.8 Å². The van der Waals surface area contributed by atoms with Crippen molar-refractivity contribution in [3.8, 4) is 0 Å². The van der Waals surface area contributed by atoms with Crippen LogP contribution in [0.25, 0.3) is 0 Å². The number of nitrogen functional groups attached to an aromatic ring is 1. The van der Waals surface area contributed by atoms with Crippen LogP contribution >= 0.6 is 0 Å². The fraction of sp³-hybridized carbons (Fsp3) is 0.765. The Morgan fingerprint density at radius 3 is 2.72 bits per heavy atom. The van der Waals surface area contributed by atoms with Gasteiger partial charge in [-0.15, -0.1) is 0 Å². The molecule has 3 aliphatic heterocycles. The van der Waals surface area contributed by atoms with E-state index < -0.39 is 0 Å². The van der Waals surface area contributed by atoms with Gasteiger partial charge in [0.1, 0.15) is 11.6 Å². The van der Waals surface area contributed by atoms with Crippen LogP contribution in [0.4, 0.5) is 17.6 Å². The minimum atomic E-state index is -0.255. The summed E-state index contributed by atoms with van der Waals surface area (Å²) in [5, 5.41) is 14.1. The number of hydrogen-bond donors (Lipinski definition) is 3. The van der Waals surface area contributed by atoms with Crippen molar-refractivity contribution in [3.63, 3.8) is 0 Å². The molecule has 25 heavy (non-hydrogen) atoms. The second-order valence-electron chi connectivity index (χ2n) is 7.41. The number of morpholine rings is 1. The van der Waals surface area contributed by atoms with Crippen molar-refractivity contribution in [1.29, 1.82) is 0 Å². The summed E-state index contributed by atoms with van der Waals surface area (Å²) in [6.07, 6.45) is 2.66. The molecule has 138 valence electrons. The first-order valence-electron chi connectivity index (χ1n) is 9.27. The van der Waals surface area contributed by atoms with Crippen LogP contribution in [-0.2, 0) is 4.74 Å². The lowest BCUT2D eigenvalue weighted by Gasteiger charge is -2.48. The van der Waals surface area contributed by atoms with Crippen molar-refractivity contribution < 1.29 is 9.84 Å². The van der Waals surface area contributed by atoms with Crippen LogP contribution in [0.2, 0.25) is 0 Å². The quantitative estimate of drug-likeness (QED) is 0.678. The lowest BCUT2D eigenvalue weighted by molar-refractivity contribution is -0.0102. The molecule has 2 atom stereocenters. The first-order valence-corrected chi connectivity index (χ1v) is 9.27. The maximum Gasteiger partial charge on any atom is 0.223 e. The largest absolute Gasteiger partial charge is 0.392 e. The van der Waals surface area contributed by atoms with Gasteiger partial charge in [0.15, 0.2) is 0 Å². The Hall–Kier alpha value is -1.64. The molecule has 4 heterocycles. The second-order valence-corrected chi connectivity index (χ2v) is 7.41. The molecule has 4 N–H and O–H groups in total. The van der Waals surface area contributed by atoms with Gasteiger partial charge in [0.25, 0.3) is 0 Å². The molecule has 3 aliphatic rings. The van der Waals surface area contributed by atoms with Crippen molar-refractivity contribution >= 4 is 17.6 Å². The van der Waals surface area contributed by atoms with Gasteiger partial charge < -0.3 is 30.7 Å². The summed E-state index contributed by atoms with van der Waals surface area (Å²) in [6, 6.07) is 2.03. The van der Waals surface area contributed by atoms with E-state index in [2.05, 4.69) is 25.1 Å². The van der Waals surface area contributed by atoms with Crippen molar-refractivity contribution in [2.45, 2.75) is 25.4 Å². The monoisotopic (exact) mass is 348 g/mol. The number of aliphatic hydroxyl groups excluding tert-OH is 1. The van der Waals surface area contributed by atoms with Crippen LogP contribution in [0.1, 0.15) is 19.3 Å². The fourth-order valence-corrected chi connectivity index (χ4v) is 4.33. The lowest BCUT2D eigenvalue weighted by atomic mass is 9.72. The molecule has 0 aliphatic carbocycles. The summed E-state index contributed by atoms with van der Waals surface area (Å²) in [5.74, 6) is 2.04. The standard InChI is InChI=1S/C17H28N6O2/c18-16-20-14(22-6-8-25-9-7-22)10-15(21-16)23-5-1-3-17(12-23)11-19-4-2-13(17)24/h10,13,19,24H,1-9,11-12H2,(H2,18,20,21)/t13-,17-/m0/s1. The van der Waals surface area contributed by atoms with Gasteiger partial charge in [-0.05, 0) is 25.8 Å². The summed E-state index contributed by atoms with van der Waals surface area (Å²) in [4.78, 5) is 13.4. The minimum absolute atomic E-state index is 0.0880. The van der Waals surface area contributed by atoms with Gasteiger partial charge in [-0.25, -0.2) is 0 Å². The Labute approximate surface area is 148 Å². The Morgan fingerprint density at radius 1 is 1.20 bits per heavy atom. The van der Waals surface area contributed by atoms with Crippen LogP contribution in [0.15, 0.2) is 6.07 Å². The highest BCUT2D eigenvalue weighted by molar-refractivity contribution is 5.54. The van der Waals surface area contributed by atoms with E-state index in [-0.39, 0.29) is 11.5 Å². The maximum atomic E-state index is 10.6. The number of aliphatic hydroxyl groups is 1. The molecule has 0 unspecified atom stereocenters. The zero-order valence-electron chi connectivity index (χ0n) is 14.7. The first kappa shape index (κ1) is 16.8. The zero-order chi connectivity index (χ0) is 17.3. The molecule has 1 spiro atoms. The van der Waals surface area contributed by atoms with Gasteiger partial charge >= 0.3 is 0 Å². The third-order valence-electron chi connectivity index (χ3n) is 5.76. The second kappa shape index (κ2) is 6.93. The Bertz CT molecular complexity index is 605. The Morgan fingerprint density at radius 2 is 1.96 bits per heavy atom. The third kappa shape index (κ3) is 3.38. The number of aromatic nitrogens is 2. The van der Waals surface area contributed by atoms with E-state index in [0.717, 1.165) is 70.2 Å². The number of anilines is 3. The molecular weight excluding hydrogens is 320 g/mol. The first-order chi connectivity index (χ1) is 12.2. The number of nitrogens with two attached hydrogens (primary N) is 1. The normalized spacial score (nSPS) is 30.7. The van der Waals surface area contributed by atoms with Gasteiger partial charge in [-0.2, -0.15) is 9.97 Å². The highest BCUT2D eigenvalue weighted by Gasteiger charge is 2.43. The summed E-state index contributed by atoms with van der Waals surface area (Å²) in [7, 11) is 0. The van der Waals surface area contributed by atoms with E-state index in [9.17, 15) is 5.11 Å². The molecule has 0 amide bonds. The SMILES string of the molecule is Nc1nc(N2CCOCC2)cc(N2CCC[C@]3(CNCC[C@@H]3O)C2)n1. The van der Waals surface area contributed by atoms with E-state index >= 15 is 0 Å². The predicted molar refractivity (Wildman–Crippen MR) is 96.8 cm³/mol. The molecule has 4 rings (SSSR count). The minimum Gasteiger partial charge on any atom is -0.392 e. The fourth-order valence-electron chi connectivity index (χ4n) is 4.33. The van der Waals surface area contributed by atoms with Gasteiger partial charge in [-0.1, -0.05) is 0 Å². The number of piperidine rings is 2. The molecule has 0 bridgehead atoms. The molecule has 1 aromatic heterocycles. The highest BCUT2D eigenvalue weighted by atomic mass is 16.5. The van der Waals surface area contributed by atoms with Gasteiger partial charge in [0, 0.05) is 44.2 Å². The van der Waals surface area contributed by atoms with Crippen molar-refractivity contribution in [2.24, 2.45) is 5.41 Å². The summed E-state index contributed by atoms with van der Waals surface area (Å²) < 4.78 is 5.42. The van der Waals surface area contributed by atoms with Gasteiger partial charge in [0.05, 0.1) is 19.3 Å². The number of rotatable bonds is 2. The average molecular weight is 348 g/mol. The molecule has 3 saturated heterocycles. The number of hydrogen-bond acceptors (Lipinski definition) is 8. The average Bonchev–Trinajstić information content (AvgIpc) is 2.65. The summed E-state index contributed by atoms with van der Waals surface area (Å²) in [6.45, 7) is 6.57. The Balaban J connectivity index is 1.57. The van der Waals surface area contributed by atoms with Crippen LogP contribution in [0, 0.1) is 5.41 Å². The van der Waals surface area contributed by atoms with E-state index in [1.807, 2.05) is 6.07 Å². The number of nitrogens with zero attached hydrogens (tertiary/aromatic N) is 4. The highest BCUT2D eigenvalue weighted by Crippen LogP contribution is 2.38. The van der Waals surface area contributed by atoms with Crippen LogP contribution in [-0.4, -0.2) is 73.7 Å². The Kier molecular flexibility index (Phi) is 4.66. The summed E-state index contributed by atoms with van der Waals surface area (Å²) in [5.41, 5.74) is 5.91. The van der Waals surface area contributed by atoms with Crippen molar-refractivity contribution in [2.75, 3.05) is 68.0 Å².